The summed E-state index contributed by atoms with van der Waals surface area (Å²) < 4.78 is 66.2. The van der Waals surface area contributed by atoms with E-state index in [4.69, 9.17) is 0 Å². The van der Waals surface area contributed by atoms with Gasteiger partial charge in [0.25, 0.3) is 5.91 Å². The minimum atomic E-state index is -4.74. The van der Waals surface area contributed by atoms with Gasteiger partial charge in [-0.1, -0.05) is 6.07 Å². The molecule has 0 saturated carbocycles. The highest BCUT2D eigenvalue weighted by atomic mass is 19.4. The van der Waals surface area contributed by atoms with E-state index >= 15 is 0 Å². The lowest BCUT2D eigenvalue weighted by Crippen LogP contribution is -2.29. The molecule has 24 heavy (non-hydrogen) atoms. The minimum Gasteiger partial charge on any atom is -0.337 e. The summed E-state index contributed by atoms with van der Waals surface area (Å²) in [5.74, 6) is -3.05. The molecule has 4 nitrogen and oxygen atoms in total. The van der Waals surface area contributed by atoms with Crippen LogP contribution in [-0.4, -0.2) is 27.6 Å². The maximum absolute atomic E-state index is 13.2. The first kappa shape index (κ1) is 17.9. The summed E-state index contributed by atoms with van der Waals surface area (Å²) in [4.78, 5) is 13.3. The van der Waals surface area contributed by atoms with E-state index in [-0.39, 0.29) is 18.7 Å². The minimum absolute atomic E-state index is 0.0466. The maximum Gasteiger partial charge on any atom is 0.433 e. The fourth-order valence-corrected chi connectivity index (χ4v) is 2.27. The Hall–Kier alpha value is -2.45. The Kier molecular flexibility index (Phi) is 4.91. The molecule has 0 saturated heterocycles. The molecule has 1 heterocycles. The predicted octanol–water partition coefficient (Wildman–Crippen LogP) is 3.47. The maximum atomic E-state index is 13.2. The van der Waals surface area contributed by atoms with Gasteiger partial charge < -0.3 is 4.90 Å². The van der Waals surface area contributed by atoms with E-state index in [1.165, 1.54) is 20.0 Å². The van der Waals surface area contributed by atoms with Crippen LogP contribution in [0, 0.1) is 11.6 Å². The van der Waals surface area contributed by atoms with Crippen LogP contribution in [0.2, 0.25) is 0 Å². The van der Waals surface area contributed by atoms with Crippen molar-refractivity contribution in [3.63, 3.8) is 0 Å². The van der Waals surface area contributed by atoms with Crippen molar-refractivity contribution in [3.05, 3.63) is 52.9 Å². The topological polar surface area (TPSA) is 38.1 Å². The molecule has 1 aromatic heterocycles. The molecular weight excluding hydrogens is 333 g/mol. The predicted molar refractivity (Wildman–Crippen MR) is 75.1 cm³/mol. The van der Waals surface area contributed by atoms with Crippen LogP contribution in [0.15, 0.2) is 24.4 Å². The highest BCUT2D eigenvalue weighted by Gasteiger charge is 2.40. The quantitative estimate of drug-likeness (QED) is 0.795. The second kappa shape index (κ2) is 6.58. The third kappa shape index (κ3) is 3.55. The molecule has 0 aliphatic carbocycles. The zero-order valence-electron chi connectivity index (χ0n) is 12.9. The van der Waals surface area contributed by atoms with Crippen molar-refractivity contribution in [2.75, 3.05) is 7.05 Å². The van der Waals surface area contributed by atoms with E-state index in [9.17, 15) is 26.7 Å². The number of halogens is 5. The number of amides is 1. The number of nitrogens with zero attached hydrogens (tertiary/aromatic N) is 3. The molecule has 0 N–H and O–H groups in total. The Morgan fingerprint density at radius 3 is 2.46 bits per heavy atom. The molecule has 0 aliphatic rings. The van der Waals surface area contributed by atoms with Gasteiger partial charge in [0, 0.05) is 20.1 Å². The van der Waals surface area contributed by atoms with Crippen molar-refractivity contribution in [1.82, 2.24) is 14.7 Å². The van der Waals surface area contributed by atoms with E-state index < -0.39 is 35.0 Å². The number of carbonyl (C=O) groups excluding carboxylic acids is 1. The lowest BCUT2D eigenvalue weighted by molar-refractivity contribution is -0.144. The largest absolute Gasteiger partial charge is 0.433 e. The standard InChI is InChI=1S/C15H14F5N3O/c1-3-23-13(15(18,19)20)10(7-21-23)14(24)22(2)8-9-4-5-11(16)12(17)6-9/h4-7H,3,8H2,1-2H3. The second-order valence-electron chi connectivity index (χ2n) is 5.13. The molecule has 0 radical (unpaired) electrons. The molecular formula is C15H14F5N3O. The van der Waals surface area contributed by atoms with Crippen molar-refractivity contribution >= 4 is 5.91 Å². The summed E-state index contributed by atoms with van der Waals surface area (Å²) in [6.45, 7) is 1.25. The third-order valence-corrected chi connectivity index (χ3v) is 3.39. The van der Waals surface area contributed by atoms with Crippen LogP contribution in [0.4, 0.5) is 22.0 Å². The number of carbonyl (C=O) groups is 1. The van der Waals surface area contributed by atoms with Gasteiger partial charge in [-0.2, -0.15) is 18.3 Å². The van der Waals surface area contributed by atoms with Gasteiger partial charge in [0.05, 0.1) is 11.8 Å². The fourth-order valence-electron chi connectivity index (χ4n) is 2.27. The highest BCUT2D eigenvalue weighted by molar-refractivity contribution is 5.95. The van der Waals surface area contributed by atoms with Gasteiger partial charge in [0.2, 0.25) is 0 Å². The van der Waals surface area contributed by atoms with Gasteiger partial charge in [-0.3, -0.25) is 9.48 Å². The summed E-state index contributed by atoms with van der Waals surface area (Å²) in [6.07, 6.45) is -3.88. The number of hydrogen-bond acceptors (Lipinski definition) is 2. The molecule has 9 heteroatoms. The molecule has 2 aromatic rings. The number of aromatic nitrogens is 2. The number of rotatable bonds is 4. The zero-order valence-corrected chi connectivity index (χ0v) is 12.9. The van der Waals surface area contributed by atoms with E-state index in [1.807, 2.05) is 0 Å². The Morgan fingerprint density at radius 2 is 1.92 bits per heavy atom. The first-order chi connectivity index (χ1) is 11.1. The molecule has 1 aromatic carbocycles. The lowest BCUT2D eigenvalue weighted by atomic mass is 10.1. The summed E-state index contributed by atoms with van der Waals surface area (Å²) in [5.41, 5.74) is -1.47. The van der Waals surface area contributed by atoms with Crippen molar-refractivity contribution in [2.24, 2.45) is 0 Å². The van der Waals surface area contributed by atoms with Crippen LogP contribution in [0.5, 0.6) is 0 Å². The molecule has 0 spiro atoms. The van der Waals surface area contributed by atoms with Gasteiger partial charge in [-0.25, -0.2) is 8.78 Å². The number of hydrogen-bond donors (Lipinski definition) is 0. The van der Waals surface area contributed by atoms with Gasteiger partial charge in [0.1, 0.15) is 0 Å². The van der Waals surface area contributed by atoms with Crippen LogP contribution in [-0.2, 0) is 19.3 Å². The van der Waals surface area contributed by atoms with Crippen molar-refractivity contribution in [2.45, 2.75) is 26.2 Å². The molecule has 1 amide bonds. The van der Waals surface area contributed by atoms with Crippen LogP contribution < -0.4 is 0 Å². The number of benzene rings is 1. The van der Waals surface area contributed by atoms with Crippen LogP contribution in [0.1, 0.15) is 28.5 Å². The highest BCUT2D eigenvalue weighted by Crippen LogP contribution is 2.32. The molecule has 0 fully saturated rings. The number of alkyl halides is 3. The van der Waals surface area contributed by atoms with Gasteiger partial charge >= 0.3 is 6.18 Å². The summed E-state index contributed by atoms with van der Waals surface area (Å²) in [5, 5.41) is 3.58. The Morgan fingerprint density at radius 1 is 1.25 bits per heavy atom. The summed E-state index contributed by atoms with van der Waals surface area (Å²) >= 11 is 0. The van der Waals surface area contributed by atoms with E-state index in [0.717, 1.165) is 23.2 Å². The average Bonchev–Trinajstić information content (AvgIpc) is 2.94. The number of aryl methyl sites for hydroxylation is 1. The third-order valence-electron chi connectivity index (χ3n) is 3.39. The fraction of sp³-hybridized carbons (Fsp3) is 0.333. The Bertz CT molecular complexity index is 754. The normalized spacial score (nSPS) is 11.6. The van der Waals surface area contributed by atoms with Gasteiger partial charge in [0.15, 0.2) is 17.3 Å². The summed E-state index contributed by atoms with van der Waals surface area (Å²) in [7, 11) is 1.27. The summed E-state index contributed by atoms with van der Waals surface area (Å²) in [6, 6.07) is 3.03. The first-order valence-electron chi connectivity index (χ1n) is 6.97. The van der Waals surface area contributed by atoms with E-state index in [2.05, 4.69) is 5.10 Å². The van der Waals surface area contributed by atoms with Gasteiger partial charge in [-0.15, -0.1) is 0 Å². The second-order valence-corrected chi connectivity index (χ2v) is 5.13. The Labute approximate surface area is 134 Å². The first-order valence-corrected chi connectivity index (χ1v) is 6.97. The average molecular weight is 347 g/mol. The van der Waals surface area contributed by atoms with Gasteiger partial charge in [-0.05, 0) is 24.6 Å². The van der Waals surface area contributed by atoms with Crippen LogP contribution in [0.3, 0.4) is 0 Å². The molecule has 0 unspecified atom stereocenters. The van der Waals surface area contributed by atoms with Crippen LogP contribution in [0.25, 0.3) is 0 Å². The smallest absolute Gasteiger partial charge is 0.337 e. The lowest BCUT2D eigenvalue weighted by Gasteiger charge is -2.18. The van der Waals surface area contributed by atoms with Crippen molar-refractivity contribution in [3.8, 4) is 0 Å². The molecule has 2 rings (SSSR count). The van der Waals surface area contributed by atoms with Crippen molar-refractivity contribution in [1.29, 1.82) is 0 Å². The monoisotopic (exact) mass is 347 g/mol. The molecule has 0 aliphatic heterocycles. The Balaban J connectivity index is 2.28. The SMILES string of the molecule is CCn1ncc(C(=O)N(C)Cc2ccc(F)c(F)c2)c1C(F)(F)F. The molecule has 0 bridgehead atoms. The molecule has 130 valence electrons. The van der Waals surface area contributed by atoms with E-state index in [1.54, 1.807) is 0 Å². The molecule has 0 atom stereocenters. The zero-order chi connectivity index (χ0) is 18.1. The van der Waals surface area contributed by atoms with Crippen molar-refractivity contribution < 1.29 is 26.7 Å². The van der Waals surface area contributed by atoms with Crippen LogP contribution >= 0.6 is 0 Å². The van der Waals surface area contributed by atoms with E-state index in [0.29, 0.717) is 4.68 Å².